The fraction of sp³-hybridized carbons (Fsp3) is 0.409. The molecule has 2 amide bonds. The monoisotopic (exact) mass is 386 g/mol. The molecule has 0 saturated carbocycles. The lowest BCUT2D eigenvalue weighted by Gasteiger charge is -2.19. The van der Waals surface area contributed by atoms with Gasteiger partial charge in [0.25, 0.3) is 0 Å². The van der Waals surface area contributed by atoms with Gasteiger partial charge in [-0.1, -0.05) is 32.9 Å². The molecule has 0 heterocycles. The van der Waals surface area contributed by atoms with Crippen molar-refractivity contribution in [3.05, 3.63) is 48.0 Å². The average Bonchev–Trinajstić information content (AvgIpc) is 2.67. The number of urea groups is 1. The Bertz CT molecular complexity index is 767. The number of hydrogen-bond donors (Lipinski definition) is 2. The lowest BCUT2D eigenvalue weighted by Crippen LogP contribution is -2.30. The number of methoxy groups -OCH3 is 2. The second-order valence-electron chi connectivity index (χ2n) is 7.42. The molecule has 0 aliphatic heterocycles. The highest BCUT2D eigenvalue weighted by Gasteiger charge is 2.13. The lowest BCUT2D eigenvalue weighted by atomic mass is 9.87. The molecule has 0 aromatic heterocycles. The van der Waals surface area contributed by atoms with E-state index in [9.17, 15) is 4.79 Å². The van der Waals surface area contributed by atoms with E-state index in [1.165, 1.54) is 5.56 Å². The predicted molar refractivity (Wildman–Crippen MR) is 112 cm³/mol. The van der Waals surface area contributed by atoms with E-state index in [0.717, 1.165) is 5.75 Å². The fourth-order valence-electron chi connectivity index (χ4n) is 2.58. The first kappa shape index (κ1) is 21.4. The molecule has 0 bridgehead atoms. The fourth-order valence-corrected chi connectivity index (χ4v) is 2.58. The number of amides is 2. The van der Waals surface area contributed by atoms with Crippen LogP contribution in [0.3, 0.4) is 0 Å². The third-order valence-corrected chi connectivity index (χ3v) is 4.25. The number of anilines is 1. The normalized spacial score (nSPS) is 10.9. The van der Waals surface area contributed by atoms with Crippen molar-refractivity contribution in [2.45, 2.75) is 32.6 Å². The van der Waals surface area contributed by atoms with E-state index in [0.29, 0.717) is 36.8 Å². The maximum atomic E-state index is 12.0. The van der Waals surface area contributed by atoms with E-state index >= 15 is 0 Å². The summed E-state index contributed by atoms with van der Waals surface area (Å²) in [6, 6.07) is 13.1. The minimum atomic E-state index is -0.294. The third kappa shape index (κ3) is 6.37. The lowest BCUT2D eigenvalue weighted by molar-refractivity contribution is 0.250. The zero-order valence-corrected chi connectivity index (χ0v) is 17.3. The van der Waals surface area contributed by atoms with Crippen LogP contribution >= 0.6 is 0 Å². The number of benzene rings is 2. The molecule has 0 radical (unpaired) electrons. The molecule has 2 rings (SSSR count). The van der Waals surface area contributed by atoms with Gasteiger partial charge in [0.15, 0.2) is 0 Å². The first-order valence-electron chi connectivity index (χ1n) is 9.33. The van der Waals surface area contributed by atoms with Crippen molar-refractivity contribution < 1.29 is 19.0 Å². The number of nitrogens with one attached hydrogen (secondary N) is 2. The molecule has 2 aromatic carbocycles. The summed E-state index contributed by atoms with van der Waals surface area (Å²) in [5.41, 5.74) is 1.98. The standard InChI is InChI=1S/C22H30N2O4/c1-22(2,3)16-7-9-17(10-8-16)28-14-6-13-23-21(25)24-19-12-11-18(26-4)15-20(19)27-5/h7-12,15H,6,13-14H2,1-5H3,(H2,23,24,25). The predicted octanol–water partition coefficient (Wildman–Crippen LogP) is 4.59. The quantitative estimate of drug-likeness (QED) is 0.651. The summed E-state index contributed by atoms with van der Waals surface area (Å²) in [5.74, 6) is 2.03. The van der Waals surface area contributed by atoms with Crippen molar-refractivity contribution in [2.75, 3.05) is 32.7 Å². The average molecular weight is 386 g/mol. The van der Waals surface area contributed by atoms with Crippen LogP contribution < -0.4 is 24.8 Å². The summed E-state index contributed by atoms with van der Waals surface area (Å²) in [6.45, 7) is 7.58. The Hall–Kier alpha value is -2.89. The molecule has 28 heavy (non-hydrogen) atoms. The van der Waals surface area contributed by atoms with Crippen LogP contribution in [0.15, 0.2) is 42.5 Å². The van der Waals surface area contributed by atoms with Gasteiger partial charge in [0.1, 0.15) is 17.2 Å². The van der Waals surface area contributed by atoms with Gasteiger partial charge in [-0.05, 0) is 41.7 Å². The molecule has 152 valence electrons. The summed E-state index contributed by atoms with van der Waals surface area (Å²) in [7, 11) is 3.12. The van der Waals surface area contributed by atoms with Crippen molar-refractivity contribution >= 4 is 11.7 Å². The molecule has 0 saturated heterocycles. The van der Waals surface area contributed by atoms with E-state index in [2.05, 4.69) is 43.5 Å². The summed E-state index contributed by atoms with van der Waals surface area (Å²) >= 11 is 0. The molecule has 0 unspecified atom stereocenters. The Labute approximate surface area is 167 Å². The molecule has 2 N–H and O–H groups in total. The maximum absolute atomic E-state index is 12.0. The summed E-state index contributed by atoms with van der Waals surface area (Å²) < 4.78 is 16.1. The molecular weight excluding hydrogens is 356 g/mol. The largest absolute Gasteiger partial charge is 0.497 e. The number of hydrogen-bond acceptors (Lipinski definition) is 4. The van der Waals surface area contributed by atoms with Crippen molar-refractivity contribution in [3.8, 4) is 17.2 Å². The zero-order chi connectivity index (χ0) is 20.6. The molecule has 0 atom stereocenters. The van der Waals surface area contributed by atoms with Crippen LogP contribution in [0.5, 0.6) is 17.2 Å². The smallest absolute Gasteiger partial charge is 0.319 e. The number of carbonyl (C=O) groups is 1. The highest BCUT2D eigenvalue weighted by molar-refractivity contribution is 5.91. The van der Waals surface area contributed by atoms with Crippen LogP contribution in [-0.4, -0.2) is 33.4 Å². The van der Waals surface area contributed by atoms with Gasteiger partial charge >= 0.3 is 6.03 Å². The molecule has 0 fully saturated rings. The molecule has 0 aliphatic rings. The van der Waals surface area contributed by atoms with Crippen molar-refractivity contribution in [3.63, 3.8) is 0 Å². The van der Waals surface area contributed by atoms with Gasteiger partial charge in [-0.25, -0.2) is 4.79 Å². The zero-order valence-electron chi connectivity index (χ0n) is 17.3. The van der Waals surface area contributed by atoms with Gasteiger partial charge in [-0.15, -0.1) is 0 Å². The van der Waals surface area contributed by atoms with Crippen molar-refractivity contribution in [1.29, 1.82) is 0 Å². The van der Waals surface area contributed by atoms with Gasteiger partial charge < -0.3 is 24.8 Å². The first-order chi connectivity index (χ1) is 13.3. The molecule has 6 heteroatoms. The Morgan fingerprint density at radius 1 is 0.964 bits per heavy atom. The Morgan fingerprint density at radius 3 is 2.25 bits per heavy atom. The maximum Gasteiger partial charge on any atom is 0.319 e. The summed E-state index contributed by atoms with van der Waals surface area (Å²) in [4.78, 5) is 12.0. The minimum absolute atomic E-state index is 0.127. The van der Waals surface area contributed by atoms with Crippen LogP contribution in [0.25, 0.3) is 0 Å². The van der Waals surface area contributed by atoms with Gasteiger partial charge in [-0.3, -0.25) is 0 Å². The number of carbonyl (C=O) groups excluding carboxylic acids is 1. The van der Waals surface area contributed by atoms with Gasteiger partial charge in [0.05, 0.1) is 26.5 Å². The van der Waals surface area contributed by atoms with E-state index in [4.69, 9.17) is 14.2 Å². The van der Waals surface area contributed by atoms with Gasteiger partial charge in [0.2, 0.25) is 0 Å². The topological polar surface area (TPSA) is 68.8 Å². The molecule has 2 aromatic rings. The molecular formula is C22H30N2O4. The Balaban J connectivity index is 1.71. The number of ether oxygens (including phenoxy) is 3. The second kappa shape index (κ2) is 9.88. The van der Waals surface area contributed by atoms with E-state index in [1.807, 2.05) is 12.1 Å². The molecule has 0 aliphatic carbocycles. The third-order valence-electron chi connectivity index (χ3n) is 4.25. The van der Waals surface area contributed by atoms with Crippen LogP contribution in [0, 0.1) is 0 Å². The van der Waals surface area contributed by atoms with Crippen LogP contribution in [0.4, 0.5) is 10.5 Å². The van der Waals surface area contributed by atoms with E-state index in [1.54, 1.807) is 32.4 Å². The van der Waals surface area contributed by atoms with Crippen molar-refractivity contribution in [2.24, 2.45) is 0 Å². The minimum Gasteiger partial charge on any atom is -0.497 e. The Morgan fingerprint density at radius 2 is 1.64 bits per heavy atom. The van der Waals surface area contributed by atoms with Crippen LogP contribution in [0.2, 0.25) is 0 Å². The number of rotatable bonds is 8. The van der Waals surface area contributed by atoms with Gasteiger partial charge in [-0.2, -0.15) is 0 Å². The van der Waals surface area contributed by atoms with Crippen LogP contribution in [-0.2, 0) is 5.41 Å². The highest BCUT2D eigenvalue weighted by Crippen LogP contribution is 2.29. The SMILES string of the molecule is COc1ccc(NC(=O)NCCCOc2ccc(C(C)(C)C)cc2)c(OC)c1. The Kier molecular flexibility index (Phi) is 7.55. The van der Waals surface area contributed by atoms with E-state index < -0.39 is 0 Å². The molecule has 6 nitrogen and oxygen atoms in total. The molecule has 0 spiro atoms. The summed E-state index contributed by atoms with van der Waals surface area (Å²) in [6.07, 6.45) is 0.703. The highest BCUT2D eigenvalue weighted by atomic mass is 16.5. The summed E-state index contributed by atoms with van der Waals surface area (Å²) in [5, 5.41) is 5.58. The van der Waals surface area contributed by atoms with Crippen LogP contribution in [0.1, 0.15) is 32.8 Å². The second-order valence-corrected chi connectivity index (χ2v) is 7.42. The first-order valence-corrected chi connectivity index (χ1v) is 9.33. The van der Waals surface area contributed by atoms with Gasteiger partial charge in [0, 0.05) is 12.6 Å². The van der Waals surface area contributed by atoms with E-state index in [-0.39, 0.29) is 11.4 Å². The van der Waals surface area contributed by atoms with Crippen molar-refractivity contribution in [1.82, 2.24) is 5.32 Å².